The number of benzene rings is 1. The first-order chi connectivity index (χ1) is 9.92. The molecule has 5 nitrogen and oxygen atoms in total. The Morgan fingerprint density at radius 3 is 2.62 bits per heavy atom. The Kier molecular flexibility index (Phi) is 7.62. The highest BCUT2D eigenvalue weighted by molar-refractivity contribution is 7.89. The van der Waals surface area contributed by atoms with Gasteiger partial charge in [-0.3, -0.25) is 0 Å². The number of aliphatic hydroxyl groups excluding tert-OH is 1. The van der Waals surface area contributed by atoms with E-state index >= 15 is 0 Å². The number of hydrogen-bond donors (Lipinski definition) is 2. The molecule has 0 fully saturated rings. The molecule has 0 atom stereocenters. The number of unbranched alkanes of at least 4 members (excludes halogenated alkanes) is 2. The predicted molar refractivity (Wildman–Crippen MR) is 83.0 cm³/mol. The molecule has 21 heavy (non-hydrogen) atoms. The van der Waals surface area contributed by atoms with Crippen LogP contribution >= 0.6 is 11.6 Å². The molecule has 1 rings (SSSR count). The minimum Gasteiger partial charge on any atom is -0.392 e. The van der Waals surface area contributed by atoms with Crippen LogP contribution in [0.15, 0.2) is 17.0 Å². The molecule has 0 spiro atoms. The standard InChI is InChI=1S/C14H22ClNO4S/c1-11-12(10-17)8-13(15)9-14(11)21(18,19)16-6-4-3-5-7-20-2/h8-9,16-17H,3-7,10H2,1-2H3. The van der Waals surface area contributed by atoms with Crippen LogP contribution in [0.2, 0.25) is 5.02 Å². The minimum atomic E-state index is -3.62. The topological polar surface area (TPSA) is 75.6 Å². The van der Waals surface area contributed by atoms with Crippen LogP contribution in [-0.4, -0.2) is 33.8 Å². The first-order valence-electron chi connectivity index (χ1n) is 6.81. The first kappa shape index (κ1) is 18.4. The molecule has 0 saturated heterocycles. The Morgan fingerprint density at radius 1 is 1.29 bits per heavy atom. The van der Waals surface area contributed by atoms with Crippen LogP contribution in [0.25, 0.3) is 0 Å². The lowest BCUT2D eigenvalue weighted by molar-refractivity contribution is 0.192. The highest BCUT2D eigenvalue weighted by Crippen LogP contribution is 2.24. The largest absolute Gasteiger partial charge is 0.392 e. The number of ether oxygens (including phenoxy) is 1. The van der Waals surface area contributed by atoms with Crippen LogP contribution in [0, 0.1) is 6.92 Å². The van der Waals surface area contributed by atoms with Crippen LogP contribution in [0.4, 0.5) is 0 Å². The van der Waals surface area contributed by atoms with Crippen molar-refractivity contribution in [2.75, 3.05) is 20.3 Å². The predicted octanol–water partition coefficient (Wildman–Crippen LogP) is 2.24. The van der Waals surface area contributed by atoms with E-state index in [2.05, 4.69) is 4.72 Å². The molecule has 0 bridgehead atoms. The SMILES string of the molecule is COCCCCCNS(=O)(=O)c1cc(Cl)cc(CO)c1C. The molecule has 7 heteroatoms. The van der Waals surface area contributed by atoms with E-state index in [0.29, 0.717) is 29.3 Å². The summed E-state index contributed by atoms with van der Waals surface area (Å²) in [7, 11) is -1.97. The van der Waals surface area contributed by atoms with Crippen molar-refractivity contribution in [3.63, 3.8) is 0 Å². The van der Waals surface area contributed by atoms with Crippen molar-refractivity contribution in [2.24, 2.45) is 0 Å². The molecule has 0 aliphatic carbocycles. The van der Waals surface area contributed by atoms with E-state index in [0.717, 1.165) is 19.3 Å². The van der Waals surface area contributed by atoms with Crippen LogP contribution in [0.1, 0.15) is 30.4 Å². The second kappa shape index (κ2) is 8.70. The van der Waals surface area contributed by atoms with E-state index in [1.54, 1.807) is 20.1 Å². The number of sulfonamides is 1. The third-order valence-electron chi connectivity index (χ3n) is 3.21. The van der Waals surface area contributed by atoms with Crippen LogP contribution in [0.3, 0.4) is 0 Å². The van der Waals surface area contributed by atoms with Gasteiger partial charge in [0.25, 0.3) is 0 Å². The van der Waals surface area contributed by atoms with E-state index in [4.69, 9.17) is 16.3 Å². The van der Waals surface area contributed by atoms with Crippen molar-refractivity contribution in [1.29, 1.82) is 0 Å². The van der Waals surface area contributed by atoms with Gasteiger partial charge in [0, 0.05) is 25.3 Å². The van der Waals surface area contributed by atoms with Gasteiger partial charge >= 0.3 is 0 Å². The lowest BCUT2D eigenvalue weighted by Crippen LogP contribution is -2.26. The molecule has 0 saturated carbocycles. The fourth-order valence-corrected chi connectivity index (χ4v) is 3.67. The maximum atomic E-state index is 12.3. The first-order valence-corrected chi connectivity index (χ1v) is 8.67. The molecule has 0 aliphatic heterocycles. The smallest absolute Gasteiger partial charge is 0.240 e. The fraction of sp³-hybridized carbons (Fsp3) is 0.571. The molecular weight excluding hydrogens is 314 g/mol. The van der Waals surface area contributed by atoms with Gasteiger partial charge in [0.1, 0.15) is 0 Å². The van der Waals surface area contributed by atoms with E-state index in [1.165, 1.54) is 6.07 Å². The zero-order valence-electron chi connectivity index (χ0n) is 12.4. The number of halogens is 1. The van der Waals surface area contributed by atoms with Gasteiger partial charge in [-0.1, -0.05) is 11.6 Å². The molecule has 1 aromatic carbocycles. The van der Waals surface area contributed by atoms with Crippen LogP contribution < -0.4 is 4.72 Å². The summed E-state index contributed by atoms with van der Waals surface area (Å²) in [6.45, 7) is 2.47. The third-order valence-corrected chi connectivity index (χ3v) is 5.02. The molecule has 0 radical (unpaired) electrons. The fourth-order valence-electron chi connectivity index (χ4n) is 1.98. The van der Waals surface area contributed by atoms with Gasteiger partial charge in [-0.15, -0.1) is 0 Å². The molecule has 0 amide bonds. The molecular formula is C14H22ClNO4S. The second-order valence-corrected chi connectivity index (χ2v) is 6.97. The Balaban J connectivity index is 2.72. The van der Waals surface area contributed by atoms with E-state index in [-0.39, 0.29) is 11.5 Å². The minimum absolute atomic E-state index is 0.121. The van der Waals surface area contributed by atoms with Gasteiger partial charge < -0.3 is 9.84 Å². The van der Waals surface area contributed by atoms with Crippen LogP contribution in [-0.2, 0) is 21.4 Å². The van der Waals surface area contributed by atoms with Gasteiger partial charge in [0.15, 0.2) is 0 Å². The summed E-state index contributed by atoms with van der Waals surface area (Å²) in [6.07, 6.45) is 2.55. The van der Waals surface area contributed by atoms with E-state index in [9.17, 15) is 13.5 Å². The molecule has 0 heterocycles. The zero-order valence-corrected chi connectivity index (χ0v) is 13.9. The monoisotopic (exact) mass is 335 g/mol. The Bertz CT molecular complexity index is 560. The van der Waals surface area contributed by atoms with Gasteiger partial charge in [-0.05, 0) is 49.4 Å². The summed E-state index contributed by atoms with van der Waals surface area (Å²) in [5.41, 5.74) is 1.04. The van der Waals surface area contributed by atoms with Gasteiger partial charge in [0.2, 0.25) is 10.0 Å². The summed E-state index contributed by atoms with van der Waals surface area (Å²) in [4.78, 5) is 0.121. The van der Waals surface area contributed by atoms with E-state index < -0.39 is 10.0 Å². The lowest BCUT2D eigenvalue weighted by atomic mass is 10.1. The van der Waals surface area contributed by atoms with Crippen molar-refractivity contribution in [3.8, 4) is 0 Å². The Hall–Kier alpha value is -0.660. The molecule has 0 aromatic heterocycles. The van der Waals surface area contributed by atoms with Gasteiger partial charge in [-0.2, -0.15) is 0 Å². The maximum Gasteiger partial charge on any atom is 0.240 e. The summed E-state index contributed by atoms with van der Waals surface area (Å²) in [6, 6.07) is 2.98. The summed E-state index contributed by atoms with van der Waals surface area (Å²) in [5.74, 6) is 0. The van der Waals surface area contributed by atoms with Crippen LogP contribution in [0.5, 0.6) is 0 Å². The normalized spacial score (nSPS) is 11.8. The van der Waals surface area contributed by atoms with Crippen molar-refractivity contribution < 1.29 is 18.3 Å². The summed E-state index contributed by atoms with van der Waals surface area (Å²) >= 11 is 5.91. The average molecular weight is 336 g/mol. The van der Waals surface area contributed by atoms with E-state index in [1.807, 2.05) is 0 Å². The molecule has 0 unspecified atom stereocenters. The van der Waals surface area contributed by atoms with Crippen molar-refractivity contribution >= 4 is 21.6 Å². The molecule has 1 aromatic rings. The number of methoxy groups -OCH3 is 1. The molecule has 120 valence electrons. The Morgan fingerprint density at radius 2 is 2.00 bits per heavy atom. The summed E-state index contributed by atoms with van der Waals surface area (Å²) < 4.78 is 32.1. The Labute approximate surface area is 131 Å². The van der Waals surface area contributed by atoms with Crippen molar-refractivity contribution in [3.05, 3.63) is 28.3 Å². The highest BCUT2D eigenvalue weighted by Gasteiger charge is 2.19. The van der Waals surface area contributed by atoms with Gasteiger partial charge in [-0.25, -0.2) is 13.1 Å². The van der Waals surface area contributed by atoms with Crippen molar-refractivity contribution in [2.45, 2.75) is 37.7 Å². The molecule has 0 aliphatic rings. The number of hydrogen-bond acceptors (Lipinski definition) is 4. The number of rotatable bonds is 9. The summed E-state index contributed by atoms with van der Waals surface area (Å²) in [5, 5.41) is 9.54. The third kappa shape index (κ3) is 5.56. The number of aliphatic hydroxyl groups is 1. The number of nitrogens with one attached hydrogen (secondary N) is 1. The maximum absolute atomic E-state index is 12.3. The highest BCUT2D eigenvalue weighted by atomic mass is 35.5. The second-order valence-electron chi connectivity index (χ2n) is 4.80. The quantitative estimate of drug-likeness (QED) is 0.679. The zero-order chi connectivity index (χ0) is 15.9. The lowest BCUT2D eigenvalue weighted by Gasteiger charge is -2.12. The molecule has 2 N–H and O–H groups in total. The van der Waals surface area contributed by atoms with Crippen molar-refractivity contribution in [1.82, 2.24) is 4.72 Å². The van der Waals surface area contributed by atoms with Gasteiger partial charge in [0.05, 0.1) is 11.5 Å². The average Bonchev–Trinajstić information content (AvgIpc) is 2.44.